The summed E-state index contributed by atoms with van der Waals surface area (Å²) in [6.45, 7) is 2.53. The van der Waals surface area contributed by atoms with Gasteiger partial charge in [0, 0.05) is 23.6 Å². The van der Waals surface area contributed by atoms with Crippen LogP contribution in [0.25, 0.3) is 11.3 Å². The molecule has 1 heterocycles. The van der Waals surface area contributed by atoms with Gasteiger partial charge in [0.1, 0.15) is 5.69 Å². The number of nitrogens with one attached hydrogen (secondary N) is 1. The van der Waals surface area contributed by atoms with E-state index in [0.29, 0.717) is 28.0 Å². The van der Waals surface area contributed by atoms with Crippen molar-refractivity contribution < 1.29 is 19.0 Å². The number of nitrogens with zero attached hydrogens (tertiary/aromatic N) is 2. The van der Waals surface area contributed by atoms with Crippen LogP contribution in [0.2, 0.25) is 10.0 Å². The fourth-order valence-corrected chi connectivity index (χ4v) is 4.51. The molecule has 9 heteroatoms. The fraction of sp³-hybridized carbons (Fsp3) is 0.292. The Morgan fingerprint density at radius 1 is 1.15 bits per heavy atom. The number of fused-ring (bicyclic) bond motifs is 1. The van der Waals surface area contributed by atoms with Crippen LogP contribution < -0.4 is 10.1 Å². The highest BCUT2D eigenvalue weighted by atomic mass is 35.5. The molecule has 0 saturated heterocycles. The summed E-state index contributed by atoms with van der Waals surface area (Å²) in [7, 11) is 2.77. The quantitative estimate of drug-likeness (QED) is 0.449. The molecular formula is C24H23Cl2N3O4. The summed E-state index contributed by atoms with van der Waals surface area (Å²) in [5.74, 6) is -0.135. The summed E-state index contributed by atoms with van der Waals surface area (Å²) in [5, 5.41) is 4.17. The summed E-state index contributed by atoms with van der Waals surface area (Å²) in [5.41, 5.74) is 3.02. The molecule has 2 unspecified atom stereocenters. The smallest absolute Gasteiger partial charge is 0.359 e. The predicted molar refractivity (Wildman–Crippen MR) is 127 cm³/mol. The van der Waals surface area contributed by atoms with Gasteiger partial charge in [-0.05, 0) is 36.2 Å². The number of halogens is 2. The number of hydrogen-bond acceptors (Lipinski definition) is 7. The molecular weight excluding hydrogens is 465 g/mol. The van der Waals surface area contributed by atoms with Gasteiger partial charge in [0.05, 0.1) is 31.4 Å². The lowest BCUT2D eigenvalue weighted by molar-refractivity contribution is 0.0572. The first-order chi connectivity index (χ1) is 16.0. The van der Waals surface area contributed by atoms with E-state index in [1.54, 1.807) is 18.2 Å². The number of anilines is 1. The third kappa shape index (κ3) is 4.62. The van der Waals surface area contributed by atoms with Crippen molar-refractivity contribution in [3.63, 3.8) is 0 Å². The van der Waals surface area contributed by atoms with Gasteiger partial charge < -0.3 is 19.5 Å². The molecule has 1 N–H and O–H groups in total. The van der Waals surface area contributed by atoms with E-state index < -0.39 is 5.97 Å². The van der Waals surface area contributed by atoms with E-state index in [4.69, 9.17) is 37.4 Å². The second-order valence-electron chi connectivity index (χ2n) is 7.41. The molecule has 0 fully saturated rings. The molecule has 172 valence electrons. The van der Waals surface area contributed by atoms with Gasteiger partial charge >= 0.3 is 5.97 Å². The molecule has 4 rings (SSSR count). The number of carbonyl (C=O) groups excluding carboxylic acids is 1. The van der Waals surface area contributed by atoms with E-state index in [1.165, 1.54) is 19.8 Å². The van der Waals surface area contributed by atoms with Crippen molar-refractivity contribution in [3.8, 4) is 17.1 Å². The van der Waals surface area contributed by atoms with Gasteiger partial charge in [-0.15, -0.1) is 0 Å². The molecule has 0 spiro atoms. The van der Waals surface area contributed by atoms with E-state index in [9.17, 15) is 4.79 Å². The number of rotatable bonds is 7. The minimum absolute atomic E-state index is 0.00395. The summed E-state index contributed by atoms with van der Waals surface area (Å²) in [6, 6.07) is 12.8. The van der Waals surface area contributed by atoms with Crippen molar-refractivity contribution in [3.05, 3.63) is 69.3 Å². The monoisotopic (exact) mass is 487 g/mol. The van der Waals surface area contributed by atoms with Crippen molar-refractivity contribution in [2.75, 3.05) is 26.1 Å². The predicted octanol–water partition coefficient (Wildman–Crippen LogP) is 5.36. The SMILES string of the molecule is CCOC1Cc2ccccc2C1Nc1nc(C(=O)OC)c(-c2ccc(Cl)cc2Cl)nc1OC. The maximum atomic E-state index is 12.7. The number of methoxy groups -OCH3 is 2. The molecule has 3 aromatic rings. The average molecular weight is 488 g/mol. The lowest BCUT2D eigenvalue weighted by Crippen LogP contribution is -2.26. The lowest BCUT2D eigenvalue weighted by atomic mass is 10.1. The van der Waals surface area contributed by atoms with Crippen molar-refractivity contribution in [2.45, 2.75) is 25.5 Å². The van der Waals surface area contributed by atoms with E-state index in [2.05, 4.69) is 27.4 Å². The number of hydrogen-bond donors (Lipinski definition) is 1. The second-order valence-corrected chi connectivity index (χ2v) is 8.26. The zero-order valence-electron chi connectivity index (χ0n) is 18.4. The van der Waals surface area contributed by atoms with Gasteiger partial charge in [-0.2, -0.15) is 0 Å². The third-order valence-corrected chi connectivity index (χ3v) is 6.03. The van der Waals surface area contributed by atoms with Gasteiger partial charge in [-0.1, -0.05) is 47.5 Å². The number of esters is 1. The van der Waals surface area contributed by atoms with Crippen LogP contribution in [0.15, 0.2) is 42.5 Å². The molecule has 1 aliphatic rings. The minimum atomic E-state index is -0.651. The van der Waals surface area contributed by atoms with Crippen LogP contribution in [0.5, 0.6) is 5.88 Å². The molecule has 0 aliphatic heterocycles. The molecule has 0 amide bonds. The fourth-order valence-electron chi connectivity index (χ4n) is 4.01. The van der Waals surface area contributed by atoms with Crippen LogP contribution in [0.1, 0.15) is 34.6 Å². The first-order valence-corrected chi connectivity index (χ1v) is 11.2. The Hall–Kier alpha value is -2.87. The van der Waals surface area contributed by atoms with Crippen LogP contribution in [0, 0.1) is 0 Å². The summed E-state index contributed by atoms with van der Waals surface area (Å²) >= 11 is 12.4. The average Bonchev–Trinajstić information content (AvgIpc) is 3.16. The van der Waals surface area contributed by atoms with E-state index in [0.717, 1.165) is 12.0 Å². The maximum Gasteiger partial charge on any atom is 0.359 e. The molecule has 1 aromatic heterocycles. The Labute approximate surface area is 202 Å². The molecule has 0 saturated carbocycles. The van der Waals surface area contributed by atoms with Crippen LogP contribution in [0.3, 0.4) is 0 Å². The molecule has 0 bridgehead atoms. The first-order valence-electron chi connectivity index (χ1n) is 10.4. The Morgan fingerprint density at radius 3 is 2.64 bits per heavy atom. The highest BCUT2D eigenvalue weighted by Crippen LogP contribution is 2.39. The molecule has 2 aromatic carbocycles. The lowest BCUT2D eigenvalue weighted by Gasteiger charge is -2.23. The highest BCUT2D eigenvalue weighted by molar-refractivity contribution is 6.36. The van der Waals surface area contributed by atoms with Crippen molar-refractivity contribution in [1.29, 1.82) is 0 Å². The Kier molecular flexibility index (Phi) is 7.02. The first kappa shape index (κ1) is 23.3. The molecule has 2 atom stereocenters. The van der Waals surface area contributed by atoms with E-state index >= 15 is 0 Å². The third-order valence-electron chi connectivity index (χ3n) is 5.48. The van der Waals surface area contributed by atoms with E-state index in [-0.39, 0.29) is 29.4 Å². The van der Waals surface area contributed by atoms with Gasteiger partial charge in [0.25, 0.3) is 5.88 Å². The zero-order chi connectivity index (χ0) is 23.5. The minimum Gasteiger partial charge on any atom is -0.478 e. The molecule has 33 heavy (non-hydrogen) atoms. The van der Waals surface area contributed by atoms with Crippen LogP contribution in [-0.4, -0.2) is 42.9 Å². The topological polar surface area (TPSA) is 82.6 Å². The highest BCUT2D eigenvalue weighted by Gasteiger charge is 2.34. The number of carbonyl (C=O) groups is 1. The van der Waals surface area contributed by atoms with Crippen molar-refractivity contribution >= 4 is 35.0 Å². The van der Waals surface area contributed by atoms with Gasteiger partial charge in [-0.3, -0.25) is 0 Å². The van der Waals surface area contributed by atoms with Crippen LogP contribution in [0.4, 0.5) is 5.82 Å². The Bertz CT molecular complexity index is 1190. The van der Waals surface area contributed by atoms with Gasteiger partial charge in [0.15, 0.2) is 11.5 Å². The number of ether oxygens (including phenoxy) is 3. The zero-order valence-corrected chi connectivity index (χ0v) is 19.9. The van der Waals surface area contributed by atoms with Crippen LogP contribution >= 0.6 is 23.2 Å². The second kappa shape index (κ2) is 9.95. The standard InChI is InChI=1S/C24H23Cl2N3O4/c1-4-33-18-11-13-7-5-6-8-15(13)19(18)27-22-23(31-2)29-20(21(28-22)24(30)32-3)16-10-9-14(25)12-17(16)26/h5-10,12,18-19H,4,11H2,1-3H3,(H,27,28). The number of aromatic nitrogens is 2. The largest absolute Gasteiger partial charge is 0.478 e. The maximum absolute atomic E-state index is 12.7. The van der Waals surface area contributed by atoms with Crippen molar-refractivity contribution in [2.24, 2.45) is 0 Å². The molecule has 0 radical (unpaired) electrons. The normalized spacial score (nSPS) is 16.9. The number of benzene rings is 2. The summed E-state index contributed by atoms with van der Waals surface area (Å²) in [4.78, 5) is 21.8. The molecule has 7 nitrogen and oxygen atoms in total. The van der Waals surface area contributed by atoms with Crippen LogP contribution in [-0.2, 0) is 15.9 Å². The van der Waals surface area contributed by atoms with Gasteiger partial charge in [-0.25, -0.2) is 14.8 Å². The summed E-state index contributed by atoms with van der Waals surface area (Å²) in [6.07, 6.45) is 0.658. The van der Waals surface area contributed by atoms with Crippen molar-refractivity contribution in [1.82, 2.24) is 9.97 Å². The van der Waals surface area contributed by atoms with Gasteiger partial charge in [0.2, 0.25) is 0 Å². The Morgan fingerprint density at radius 2 is 1.94 bits per heavy atom. The molecule has 1 aliphatic carbocycles. The summed E-state index contributed by atoms with van der Waals surface area (Å²) < 4.78 is 16.5. The van der Waals surface area contributed by atoms with E-state index in [1.807, 2.05) is 19.1 Å². The Balaban J connectivity index is 1.81.